The first-order chi connectivity index (χ1) is 14.3. The predicted molar refractivity (Wildman–Crippen MR) is 122 cm³/mol. The van der Waals surface area contributed by atoms with E-state index >= 15 is 0 Å². The van der Waals surface area contributed by atoms with Crippen LogP contribution in [0.15, 0.2) is 52.2 Å². The van der Waals surface area contributed by atoms with E-state index in [1.165, 1.54) is 4.88 Å². The summed E-state index contributed by atoms with van der Waals surface area (Å²) in [6.07, 6.45) is 1.27. The van der Waals surface area contributed by atoms with Crippen molar-refractivity contribution < 1.29 is 14.3 Å². The van der Waals surface area contributed by atoms with E-state index in [2.05, 4.69) is 22.8 Å². The molecule has 2 atom stereocenters. The molecule has 2 aromatic rings. The maximum atomic E-state index is 13.4. The largest absolute Gasteiger partial charge is 0.462 e. The Morgan fingerprint density at radius 2 is 2.00 bits per heavy atom. The summed E-state index contributed by atoms with van der Waals surface area (Å²) < 4.78 is 5.60. The van der Waals surface area contributed by atoms with E-state index in [9.17, 15) is 9.59 Å². The van der Waals surface area contributed by atoms with Crippen LogP contribution < -0.4 is 5.32 Å². The van der Waals surface area contributed by atoms with Gasteiger partial charge in [0.1, 0.15) is 0 Å². The Hall–Kier alpha value is -2.18. The first-order valence-corrected chi connectivity index (χ1v) is 12.1. The number of thiophene rings is 2. The van der Waals surface area contributed by atoms with Crippen molar-refractivity contribution in [1.29, 1.82) is 0 Å². The van der Waals surface area contributed by atoms with Crippen molar-refractivity contribution in [2.24, 2.45) is 5.92 Å². The number of esters is 1. The lowest BCUT2D eigenvalue weighted by Gasteiger charge is -2.36. The second kappa shape index (κ2) is 8.52. The Kier molecular flexibility index (Phi) is 5.98. The van der Waals surface area contributed by atoms with Crippen LogP contribution in [0.25, 0.3) is 0 Å². The third kappa shape index (κ3) is 4.03. The summed E-state index contributed by atoms with van der Waals surface area (Å²) in [5, 5.41) is 5.47. The van der Waals surface area contributed by atoms with E-state index in [1.54, 1.807) is 22.7 Å². The van der Waals surface area contributed by atoms with Gasteiger partial charge in [-0.25, -0.2) is 4.79 Å². The van der Waals surface area contributed by atoms with Crippen molar-refractivity contribution in [1.82, 2.24) is 5.32 Å². The summed E-state index contributed by atoms with van der Waals surface area (Å²) in [6, 6.07) is 8.24. The highest BCUT2D eigenvalue weighted by molar-refractivity contribution is 7.12. The van der Waals surface area contributed by atoms with Gasteiger partial charge in [0, 0.05) is 43.9 Å². The van der Waals surface area contributed by atoms with Crippen molar-refractivity contribution >= 4 is 34.4 Å². The quantitative estimate of drug-likeness (QED) is 0.607. The molecule has 4 rings (SSSR count). The van der Waals surface area contributed by atoms with Crippen LogP contribution in [0.2, 0.25) is 0 Å². The molecular formula is C24H27NO3S2. The zero-order valence-corrected chi connectivity index (χ0v) is 19.4. The molecule has 2 aromatic heterocycles. The zero-order valence-electron chi connectivity index (χ0n) is 17.8. The molecule has 0 saturated carbocycles. The van der Waals surface area contributed by atoms with Gasteiger partial charge in [-0.05, 0) is 49.8 Å². The highest BCUT2D eigenvalue weighted by Crippen LogP contribution is 2.47. The average molecular weight is 442 g/mol. The number of dihydropyridines is 1. The van der Waals surface area contributed by atoms with Gasteiger partial charge in [0.05, 0.1) is 18.1 Å². The average Bonchev–Trinajstić information content (AvgIpc) is 3.36. The number of carbonyl (C=O) groups is 2. The molecule has 6 heteroatoms. The minimum atomic E-state index is -0.351. The van der Waals surface area contributed by atoms with Gasteiger partial charge in [0.25, 0.3) is 0 Å². The van der Waals surface area contributed by atoms with Crippen LogP contribution in [0, 0.1) is 12.8 Å². The summed E-state index contributed by atoms with van der Waals surface area (Å²) in [4.78, 5) is 29.9. The van der Waals surface area contributed by atoms with Crippen LogP contribution >= 0.6 is 22.7 Å². The standard InChI is InChI=1S/C24H27NO3S2/c1-13(2)12-28-24(27)21-15(4)25-17-10-16(19-6-5-9-29-19)11-18(26)22(17)23(21)20-8-7-14(3)30-20/h5-9,13,16,23,25H,10-12H2,1-4H3/t16-,23-/m1/s1. The van der Waals surface area contributed by atoms with E-state index in [4.69, 9.17) is 4.74 Å². The summed E-state index contributed by atoms with van der Waals surface area (Å²) in [6.45, 7) is 8.37. The van der Waals surface area contributed by atoms with Gasteiger partial charge in [-0.15, -0.1) is 22.7 Å². The lowest BCUT2D eigenvalue weighted by molar-refractivity contribution is -0.140. The Morgan fingerprint density at radius 1 is 1.20 bits per heavy atom. The Labute approximate surface area is 185 Å². The SMILES string of the molecule is CC1=C(C(=O)OCC(C)C)[C@@H](c2ccc(C)s2)C2=C(C[C@@H](c3cccs3)CC2=O)N1. The highest BCUT2D eigenvalue weighted by Gasteiger charge is 2.42. The van der Waals surface area contributed by atoms with Crippen LogP contribution in [0.4, 0.5) is 0 Å². The Morgan fingerprint density at radius 3 is 2.63 bits per heavy atom. The summed E-state index contributed by atoms with van der Waals surface area (Å²) in [5.74, 6) is -0.107. The molecule has 3 heterocycles. The number of ether oxygens (including phenoxy) is 1. The molecule has 0 spiro atoms. The minimum absolute atomic E-state index is 0.125. The molecule has 158 valence electrons. The van der Waals surface area contributed by atoms with Gasteiger partial charge < -0.3 is 10.1 Å². The van der Waals surface area contributed by atoms with Gasteiger partial charge in [-0.3, -0.25) is 4.79 Å². The second-order valence-electron chi connectivity index (χ2n) is 8.47. The van der Waals surface area contributed by atoms with Crippen LogP contribution in [-0.4, -0.2) is 18.4 Å². The number of aryl methyl sites for hydroxylation is 1. The van der Waals surface area contributed by atoms with Gasteiger partial charge in [-0.2, -0.15) is 0 Å². The molecule has 0 bridgehead atoms. The van der Waals surface area contributed by atoms with Gasteiger partial charge in [0.15, 0.2) is 5.78 Å². The molecular weight excluding hydrogens is 414 g/mol. The first-order valence-electron chi connectivity index (χ1n) is 10.4. The molecule has 0 fully saturated rings. The topological polar surface area (TPSA) is 55.4 Å². The number of carbonyl (C=O) groups excluding carboxylic acids is 2. The van der Waals surface area contributed by atoms with E-state index in [-0.39, 0.29) is 29.5 Å². The number of hydrogen-bond acceptors (Lipinski definition) is 6. The lowest BCUT2D eigenvalue weighted by Crippen LogP contribution is -2.36. The van der Waals surface area contributed by atoms with E-state index < -0.39 is 0 Å². The molecule has 30 heavy (non-hydrogen) atoms. The number of Topliss-reactive ketones (excluding diaryl/α,β-unsaturated/α-hetero) is 1. The van der Waals surface area contributed by atoms with Crippen LogP contribution in [0.1, 0.15) is 60.1 Å². The fourth-order valence-corrected chi connectivity index (χ4v) is 6.08. The lowest BCUT2D eigenvalue weighted by atomic mass is 9.74. The maximum absolute atomic E-state index is 13.4. The minimum Gasteiger partial charge on any atom is -0.462 e. The Balaban J connectivity index is 1.75. The molecule has 0 radical (unpaired) electrons. The van der Waals surface area contributed by atoms with E-state index in [0.717, 1.165) is 33.1 Å². The van der Waals surface area contributed by atoms with Gasteiger partial charge in [-0.1, -0.05) is 19.9 Å². The zero-order chi connectivity index (χ0) is 21.4. The molecule has 0 saturated heterocycles. The van der Waals surface area contributed by atoms with Gasteiger partial charge >= 0.3 is 5.97 Å². The fraction of sp³-hybridized carbons (Fsp3) is 0.417. The van der Waals surface area contributed by atoms with E-state index in [1.807, 2.05) is 39.8 Å². The van der Waals surface area contributed by atoms with Crippen molar-refractivity contribution in [3.8, 4) is 0 Å². The van der Waals surface area contributed by atoms with Crippen molar-refractivity contribution in [3.05, 3.63) is 66.8 Å². The van der Waals surface area contributed by atoms with E-state index in [0.29, 0.717) is 18.6 Å². The Bertz CT molecular complexity index is 1030. The highest BCUT2D eigenvalue weighted by atomic mass is 32.1. The molecule has 0 amide bonds. The van der Waals surface area contributed by atoms with Crippen LogP contribution in [-0.2, 0) is 14.3 Å². The summed E-state index contributed by atoms with van der Waals surface area (Å²) in [5.41, 5.74) is 3.06. The fourth-order valence-electron chi connectivity index (χ4n) is 4.25. The molecule has 0 aromatic carbocycles. The molecule has 2 aliphatic rings. The number of ketones is 1. The van der Waals surface area contributed by atoms with Crippen molar-refractivity contribution in [2.75, 3.05) is 6.61 Å². The smallest absolute Gasteiger partial charge is 0.336 e. The van der Waals surface area contributed by atoms with Crippen molar-refractivity contribution in [3.63, 3.8) is 0 Å². The normalized spacial score (nSPS) is 21.7. The monoisotopic (exact) mass is 441 g/mol. The summed E-state index contributed by atoms with van der Waals surface area (Å²) in [7, 11) is 0. The summed E-state index contributed by atoms with van der Waals surface area (Å²) >= 11 is 3.34. The first kappa shape index (κ1) is 21.1. The number of rotatable bonds is 5. The van der Waals surface area contributed by atoms with Crippen molar-refractivity contribution in [2.45, 2.75) is 52.4 Å². The second-order valence-corrected chi connectivity index (χ2v) is 10.8. The molecule has 1 aliphatic heterocycles. The molecule has 4 nitrogen and oxygen atoms in total. The number of hydrogen-bond donors (Lipinski definition) is 1. The third-order valence-electron chi connectivity index (χ3n) is 5.59. The third-order valence-corrected chi connectivity index (χ3v) is 7.69. The van der Waals surface area contributed by atoms with Crippen LogP contribution in [0.5, 0.6) is 0 Å². The molecule has 1 N–H and O–H groups in total. The van der Waals surface area contributed by atoms with Crippen LogP contribution in [0.3, 0.4) is 0 Å². The maximum Gasteiger partial charge on any atom is 0.336 e. The predicted octanol–water partition coefficient (Wildman–Crippen LogP) is 5.68. The molecule has 0 unspecified atom stereocenters. The number of allylic oxidation sites excluding steroid dienone is 3. The molecule has 1 aliphatic carbocycles. The van der Waals surface area contributed by atoms with Gasteiger partial charge in [0.2, 0.25) is 0 Å². The number of nitrogens with one attached hydrogen (secondary N) is 1.